The molecule has 3 rings (SSSR count). The molecule has 1 heterocycles. The molecule has 0 spiro atoms. The molecule has 0 aromatic heterocycles. The van der Waals surface area contributed by atoms with Gasteiger partial charge in [-0.2, -0.15) is 0 Å². The molecule has 2 fully saturated rings. The van der Waals surface area contributed by atoms with E-state index in [4.69, 9.17) is 4.74 Å². The number of allylic oxidation sites excluding steroid dienone is 1. The summed E-state index contributed by atoms with van der Waals surface area (Å²) >= 11 is 0. The van der Waals surface area contributed by atoms with Crippen LogP contribution in [0.2, 0.25) is 0 Å². The summed E-state index contributed by atoms with van der Waals surface area (Å²) in [6, 6.07) is 9.95. The number of nitrogens with zero attached hydrogens (tertiary/aromatic N) is 1. The van der Waals surface area contributed by atoms with Gasteiger partial charge in [-0.25, -0.2) is 0 Å². The number of benzene rings is 1. The van der Waals surface area contributed by atoms with Crippen molar-refractivity contribution in [2.75, 3.05) is 6.54 Å². The zero-order valence-electron chi connectivity index (χ0n) is 17.0. The summed E-state index contributed by atoms with van der Waals surface area (Å²) < 4.78 is 6.60. The summed E-state index contributed by atoms with van der Waals surface area (Å²) in [6.45, 7) is 12.1. The van der Waals surface area contributed by atoms with E-state index in [1.165, 1.54) is 18.4 Å². The number of ether oxygens (including phenoxy) is 1. The summed E-state index contributed by atoms with van der Waals surface area (Å²) in [6.07, 6.45) is 5.12. The Labute approximate surface area is 159 Å². The van der Waals surface area contributed by atoms with Gasteiger partial charge in [0.2, 0.25) is 0 Å². The second kappa shape index (κ2) is 7.84. The minimum Gasteiger partial charge on any atom is -0.384 e. The van der Waals surface area contributed by atoms with E-state index in [1.54, 1.807) is 0 Å². The highest BCUT2D eigenvalue weighted by Crippen LogP contribution is 2.47. The third-order valence-electron chi connectivity index (χ3n) is 6.43. The molecule has 1 aliphatic heterocycles. The van der Waals surface area contributed by atoms with Crippen LogP contribution in [0.5, 0.6) is 0 Å². The van der Waals surface area contributed by atoms with Gasteiger partial charge in [0, 0.05) is 18.0 Å². The van der Waals surface area contributed by atoms with Gasteiger partial charge in [0.1, 0.15) is 12.3 Å². The Hall–Kier alpha value is -1.16. The molecule has 3 heteroatoms. The van der Waals surface area contributed by atoms with Crippen LogP contribution in [-0.4, -0.2) is 34.4 Å². The smallest absolute Gasteiger partial charge is 0.142 e. The molecule has 3 nitrogen and oxygen atoms in total. The Morgan fingerprint density at radius 3 is 2.62 bits per heavy atom. The van der Waals surface area contributed by atoms with Crippen molar-refractivity contribution in [2.45, 2.75) is 77.9 Å². The van der Waals surface area contributed by atoms with Gasteiger partial charge >= 0.3 is 0 Å². The molecule has 1 saturated carbocycles. The van der Waals surface area contributed by atoms with Gasteiger partial charge in [0.05, 0.1) is 6.10 Å². The van der Waals surface area contributed by atoms with Crippen molar-refractivity contribution in [3.8, 4) is 0 Å². The van der Waals surface area contributed by atoms with Gasteiger partial charge in [-0.15, -0.1) is 0 Å². The Bertz CT molecular complexity index is 620. The van der Waals surface area contributed by atoms with Gasteiger partial charge in [0.25, 0.3) is 0 Å². The first-order chi connectivity index (χ1) is 12.3. The molecule has 1 saturated heterocycles. The van der Waals surface area contributed by atoms with Crippen LogP contribution in [-0.2, 0) is 4.74 Å². The van der Waals surface area contributed by atoms with Crippen LogP contribution in [0.25, 0.3) is 0 Å². The van der Waals surface area contributed by atoms with Crippen LogP contribution >= 0.6 is 0 Å². The Kier molecular flexibility index (Phi) is 5.91. The number of rotatable bonds is 4. The number of fused-ring (bicyclic) bond motifs is 1. The molecular weight excluding hydrogens is 322 g/mol. The van der Waals surface area contributed by atoms with Crippen molar-refractivity contribution in [3.05, 3.63) is 47.5 Å². The van der Waals surface area contributed by atoms with Gasteiger partial charge in [-0.1, -0.05) is 55.3 Å². The van der Waals surface area contributed by atoms with E-state index in [0.29, 0.717) is 11.8 Å². The monoisotopic (exact) mass is 357 g/mol. The second-order valence-corrected chi connectivity index (χ2v) is 9.03. The molecule has 5 atom stereocenters. The number of hydrogen-bond donors (Lipinski definition) is 1. The third kappa shape index (κ3) is 3.90. The lowest BCUT2D eigenvalue weighted by atomic mass is 9.69. The quantitative estimate of drug-likeness (QED) is 0.776. The summed E-state index contributed by atoms with van der Waals surface area (Å²) in [7, 11) is 0. The molecule has 0 radical (unpaired) electrons. The lowest BCUT2D eigenvalue weighted by molar-refractivity contribution is -0.258. The van der Waals surface area contributed by atoms with Crippen molar-refractivity contribution in [1.82, 2.24) is 4.90 Å². The topological polar surface area (TPSA) is 32.7 Å². The summed E-state index contributed by atoms with van der Waals surface area (Å²) in [5, 5.41) is 11.2. The Morgan fingerprint density at radius 2 is 1.96 bits per heavy atom. The van der Waals surface area contributed by atoms with E-state index in [2.05, 4.69) is 45.6 Å². The fourth-order valence-electron chi connectivity index (χ4n) is 4.76. The maximum atomic E-state index is 11.2. The van der Waals surface area contributed by atoms with E-state index >= 15 is 0 Å². The normalized spacial score (nSPS) is 32.5. The first-order valence-electron chi connectivity index (χ1n) is 10.1. The zero-order chi connectivity index (χ0) is 18.9. The van der Waals surface area contributed by atoms with Gasteiger partial charge in [0.15, 0.2) is 0 Å². The first-order valence-corrected chi connectivity index (χ1v) is 10.1. The first kappa shape index (κ1) is 19.6. The van der Waals surface area contributed by atoms with Crippen LogP contribution in [0.4, 0.5) is 0 Å². The van der Waals surface area contributed by atoms with Crippen molar-refractivity contribution in [1.29, 1.82) is 0 Å². The molecule has 1 aromatic rings. The van der Waals surface area contributed by atoms with E-state index in [0.717, 1.165) is 18.5 Å². The highest BCUT2D eigenvalue weighted by atomic mass is 16.5. The number of aliphatic hydroxyl groups excluding tert-OH is 1. The number of hydrogen-bond acceptors (Lipinski definition) is 3. The predicted octanol–water partition coefficient (Wildman–Crippen LogP) is 4.93. The molecule has 1 N–H and O–H groups in total. The van der Waals surface area contributed by atoms with Gasteiger partial charge in [-0.3, -0.25) is 4.90 Å². The highest BCUT2D eigenvalue weighted by molar-refractivity contribution is 5.19. The molecule has 0 bridgehead atoms. The molecule has 1 aromatic carbocycles. The minimum absolute atomic E-state index is 0.00453. The van der Waals surface area contributed by atoms with Gasteiger partial charge < -0.3 is 9.84 Å². The minimum atomic E-state index is -0.640. The van der Waals surface area contributed by atoms with E-state index in [9.17, 15) is 5.11 Å². The lowest BCUT2D eigenvalue weighted by Gasteiger charge is -2.58. The maximum Gasteiger partial charge on any atom is 0.142 e. The van der Waals surface area contributed by atoms with E-state index in [1.807, 2.05) is 30.3 Å². The molecule has 0 unspecified atom stereocenters. The van der Waals surface area contributed by atoms with Crippen molar-refractivity contribution in [3.63, 3.8) is 0 Å². The SMILES string of the molecule is CC(C)=CCN1[C@H]([C@@H](O)c2ccccc2)O[C@@H]2C[C@H](C)CC[C@H]2C1(C)C. The predicted molar refractivity (Wildman–Crippen MR) is 107 cm³/mol. The standard InChI is InChI=1S/C23H35NO2/c1-16(2)13-14-24-22(21(25)18-9-7-6-8-10-18)26-20-15-17(3)11-12-19(20)23(24,4)5/h6-10,13,17,19-22,25H,11-12,14-15H2,1-5H3/t17-,19-,20-,21+,22+/m1/s1. The van der Waals surface area contributed by atoms with Crippen LogP contribution in [0.15, 0.2) is 42.0 Å². The lowest BCUT2D eigenvalue weighted by Crippen LogP contribution is -2.65. The average Bonchev–Trinajstić information content (AvgIpc) is 2.60. The summed E-state index contributed by atoms with van der Waals surface area (Å²) in [5.74, 6) is 1.22. The molecule has 2 aliphatic rings. The third-order valence-corrected chi connectivity index (χ3v) is 6.43. The maximum absolute atomic E-state index is 11.2. The van der Waals surface area contributed by atoms with E-state index in [-0.39, 0.29) is 17.9 Å². The fraction of sp³-hybridized carbons (Fsp3) is 0.652. The van der Waals surface area contributed by atoms with Crippen LogP contribution in [0, 0.1) is 11.8 Å². The summed E-state index contributed by atoms with van der Waals surface area (Å²) in [5.41, 5.74) is 2.22. The van der Waals surface area contributed by atoms with Gasteiger partial charge in [-0.05, 0) is 52.0 Å². The van der Waals surface area contributed by atoms with Crippen LogP contribution < -0.4 is 0 Å². The Morgan fingerprint density at radius 1 is 1.27 bits per heavy atom. The van der Waals surface area contributed by atoms with Crippen LogP contribution in [0.1, 0.15) is 65.5 Å². The largest absolute Gasteiger partial charge is 0.384 e. The highest BCUT2D eigenvalue weighted by Gasteiger charge is 2.51. The van der Waals surface area contributed by atoms with Crippen molar-refractivity contribution in [2.24, 2.45) is 11.8 Å². The van der Waals surface area contributed by atoms with E-state index < -0.39 is 6.10 Å². The molecular formula is C23H35NO2. The summed E-state index contributed by atoms with van der Waals surface area (Å²) in [4.78, 5) is 2.38. The molecule has 26 heavy (non-hydrogen) atoms. The number of aliphatic hydroxyl groups is 1. The Balaban J connectivity index is 1.93. The van der Waals surface area contributed by atoms with Crippen molar-refractivity contribution >= 4 is 0 Å². The molecule has 144 valence electrons. The zero-order valence-corrected chi connectivity index (χ0v) is 17.0. The molecule has 0 amide bonds. The average molecular weight is 358 g/mol. The second-order valence-electron chi connectivity index (χ2n) is 9.03. The van der Waals surface area contributed by atoms with Crippen molar-refractivity contribution < 1.29 is 9.84 Å². The molecule has 1 aliphatic carbocycles. The van der Waals surface area contributed by atoms with Crippen LogP contribution in [0.3, 0.4) is 0 Å². The fourth-order valence-corrected chi connectivity index (χ4v) is 4.76.